The molecule has 0 unspecified atom stereocenters. The minimum absolute atomic E-state index is 0.375. The molecule has 6 heteroatoms. The molecule has 0 saturated carbocycles. The summed E-state index contributed by atoms with van der Waals surface area (Å²) in [4.78, 5) is 0. The summed E-state index contributed by atoms with van der Waals surface area (Å²) in [6, 6.07) is 0. The molecule has 1 heterocycles. The van der Waals surface area contributed by atoms with Crippen molar-refractivity contribution in [2.75, 3.05) is 7.05 Å². The molecule has 1 aliphatic rings. The maximum absolute atomic E-state index is 11.5. The molecule has 0 aliphatic carbocycles. The third-order valence-electron chi connectivity index (χ3n) is 0.893. The molecular weight excluding hydrogens is 161 g/mol. The van der Waals surface area contributed by atoms with Crippen LogP contribution in [-0.4, -0.2) is 18.4 Å². The Morgan fingerprint density at radius 3 is 2.64 bits per heavy atom. The monoisotopic (exact) mass is 166 g/mol. The van der Waals surface area contributed by atoms with Gasteiger partial charge < -0.3 is 10.2 Å². The van der Waals surface area contributed by atoms with Crippen LogP contribution in [0.25, 0.3) is 0 Å². The Morgan fingerprint density at radius 1 is 1.64 bits per heavy atom. The topological polar surface area (TPSA) is 24.5 Å². The molecule has 0 aromatic rings. The van der Waals surface area contributed by atoms with Crippen molar-refractivity contribution in [2.45, 2.75) is 6.36 Å². The van der Waals surface area contributed by atoms with Crippen LogP contribution < -0.4 is 5.43 Å². The van der Waals surface area contributed by atoms with Crippen molar-refractivity contribution in [3.63, 3.8) is 0 Å². The average Bonchev–Trinajstić information content (AvgIpc) is 2.10. The van der Waals surface area contributed by atoms with Gasteiger partial charge in [0, 0.05) is 7.05 Å². The molecule has 0 fully saturated rings. The number of hydrazine groups is 1. The SMILES string of the molecule is CN1[C]C(OC(F)(F)F)=CN1. The van der Waals surface area contributed by atoms with Gasteiger partial charge in [-0.1, -0.05) is 0 Å². The van der Waals surface area contributed by atoms with Crippen LogP contribution in [0.5, 0.6) is 0 Å². The van der Waals surface area contributed by atoms with Gasteiger partial charge >= 0.3 is 6.36 Å². The van der Waals surface area contributed by atoms with Crippen molar-refractivity contribution >= 4 is 0 Å². The number of nitrogens with zero attached hydrogens (tertiary/aromatic N) is 1. The summed E-state index contributed by atoms with van der Waals surface area (Å²) in [5.41, 5.74) is 2.43. The van der Waals surface area contributed by atoms with Gasteiger partial charge in [-0.3, -0.25) is 0 Å². The predicted octanol–water partition coefficient (Wildman–Crippen LogP) is 0.853. The van der Waals surface area contributed by atoms with Crippen molar-refractivity contribution in [1.82, 2.24) is 10.4 Å². The van der Waals surface area contributed by atoms with E-state index in [0.29, 0.717) is 0 Å². The van der Waals surface area contributed by atoms with Crippen molar-refractivity contribution in [1.29, 1.82) is 0 Å². The first kappa shape index (κ1) is 8.19. The number of ether oxygens (including phenoxy) is 1. The standard InChI is InChI=1S/C5H5F3N2O/c1-10-3-4(2-9-10)11-5(6,7)8/h2,9H,1H3. The van der Waals surface area contributed by atoms with Crippen molar-refractivity contribution in [3.05, 3.63) is 18.5 Å². The van der Waals surface area contributed by atoms with Gasteiger partial charge in [0.15, 0.2) is 12.3 Å². The van der Waals surface area contributed by atoms with Crippen LogP contribution in [0.2, 0.25) is 0 Å². The summed E-state index contributed by atoms with van der Waals surface area (Å²) in [6.45, 7) is 2.25. The Kier molecular flexibility index (Phi) is 1.95. The van der Waals surface area contributed by atoms with Crippen LogP contribution in [0.3, 0.4) is 0 Å². The normalized spacial score (nSPS) is 19.5. The molecular formula is C5H5F3N2O. The molecule has 0 saturated heterocycles. The van der Waals surface area contributed by atoms with Crippen LogP contribution in [0, 0.1) is 6.54 Å². The summed E-state index contributed by atoms with van der Waals surface area (Å²) in [5.74, 6) is -0.375. The fraction of sp³-hybridized carbons (Fsp3) is 0.400. The molecule has 1 rings (SSSR count). The third-order valence-corrected chi connectivity index (χ3v) is 0.893. The van der Waals surface area contributed by atoms with E-state index in [1.807, 2.05) is 0 Å². The van der Waals surface area contributed by atoms with Crippen LogP contribution in [-0.2, 0) is 4.74 Å². The fourth-order valence-corrected chi connectivity index (χ4v) is 0.562. The van der Waals surface area contributed by atoms with E-state index >= 15 is 0 Å². The Bertz CT molecular complexity index is 177. The fourth-order valence-electron chi connectivity index (χ4n) is 0.562. The van der Waals surface area contributed by atoms with E-state index in [-0.39, 0.29) is 5.76 Å². The minimum atomic E-state index is -4.65. The molecule has 3 nitrogen and oxygen atoms in total. The maximum atomic E-state index is 11.5. The molecule has 2 radical (unpaired) electrons. The highest BCUT2D eigenvalue weighted by atomic mass is 19.4. The van der Waals surface area contributed by atoms with Crippen molar-refractivity contribution < 1.29 is 17.9 Å². The first-order chi connectivity index (χ1) is 4.97. The lowest BCUT2D eigenvalue weighted by molar-refractivity contribution is -0.304. The van der Waals surface area contributed by atoms with E-state index in [4.69, 9.17) is 0 Å². The summed E-state index contributed by atoms with van der Waals surface area (Å²) < 4.78 is 38.0. The maximum Gasteiger partial charge on any atom is 0.572 e. The summed E-state index contributed by atoms with van der Waals surface area (Å²) in [6.07, 6.45) is -3.58. The summed E-state index contributed by atoms with van der Waals surface area (Å²) in [5, 5.41) is 1.22. The Hall–Kier alpha value is -0.910. The smallest absolute Gasteiger partial charge is 0.406 e. The van der Waals surface area contributed by atoms with Gasteiger partial charge in [-0.15, -0.1) is 13.2 Å². The number of hydrogen-bond acceptors (Lipinski definition) is 3. The highest BCUT2D eigenvalue weighted by Crippen LogP contribution is 2.23. The number of nitrogens with one attached hydrogen (secondary N) is 1. The Balaban J connectivity index is 2.40. The largest absolute Gasteiger partial charge is 0.572 e. The molecule has 1 aliphatic heterocycles. The molecule has 62 valence electrons. The van der Waals surface area contributed by atoms with Gasteiger partial charge in [0.05, 0.1) is 6.20 Å². The van der Waals surface area contributed by atoms with Gasteiger partial charge in [0.1, 0.15) is 0 Å². The van der Waals surface area contributed by atoms with Crippen LogP contribution >= 0.6 is 0 Å². The lowest BCUT2D eigenvalue weighted by Gasteiger charge is -2.08. The summed E-state index contributed by atoms with van der Waals surface area (Å²) >= 11 is 0. The quantitative estimate of drug-likeness (QED) is 0.625. The van der Waals surface area contributed by atoms with Gasteiger partial charge in [0.25, 0.3) is 0 Å². The number of rotatable bonds is 1. The Labute approximate surface area is 61.4 Å². The van der Waals surface area contributed by atoms with Gasteiger partial charge in [-0.05, 0) is 0 Å². The number of alkyl halides is 3. The lowest BCUT2D eigenvalue weighted by atomic mass is 10.5. The molecule has 1 N–H and O–H groups in total. The highest BCUT2D eigenvalue weighted by molar-refractivity contribution is 5.08. The van der Waals surface area contributed by atoms with Gasteiger partial charge in [0.2, 0.25) is 0 Å². The van der Waals surface area contributed by atoms with E-state index in [1.54, 1.807) is 0 Å². The lowest BCUT2D eigenvalue weighted by Crippen LogP contribution is -2.21. The zero-order chi connectivity index (χ0) is 8.48. The van der Waals surface area contributed by atoms with E-state index in [2.05, 4.69) is 16.7 Å². The average molecular weight is 166 g/mol. The van der Waals surface area contributed by atoms with E-state index in [1.165, 1.54) is 12.1 Å². The van der Waals surface area contributed by atoms with E-state index in [9.17, 15) is 13.2 Å². The van der Waals surface area contributed by atoms with Crippen LogP contribution in [0.1, 0.15) is 0 Å². The number of likely N-dealkylation sites (N-methyl/N-ethyl adjacent to an activating group) is 1. The van der Waals surface area contributed by atoms with E-state index < -0.39 is 6.36 Å². The summed E-state index contributed by atoms with van der Waals surface area (Å²) in [7, 11) is 1.50. The number of hydrogen-bond donors (Lipinski definition) is 1. The number of halogens is 3. The van der Waals surface area contributed by atoms with Crippen LogP contribution in [0.4, 0.5) is 13.2 Å². The second kappa shape index (κ2) is 2.61. The zero-order valence-electron chi connectivity index (χ0n) is 5.57. The molecule has 0 bridgehead atoms. The van der Waals surface area contributed by atoms with Crippen molar-refractivity contribution in [3.8, 4) is 0 Å². The van der Waals surface area contributed by atoms with E-state index in [0.717, 1.165) is 6.20 Å². The zero-order valence-corrected chi connectivity index (χ0v) is 5.57. The highest BCUT2D eigenvalue weighted by Gasteiger charge is 2.33. The van der Waals surface area contributed by atoms with Gasteiger partial charge in [-0.2, -0.15) is 0 Å². The predicted molar refractivity (Wildman–Crippen MR) is 29.4 cm³/mol. The minimum Gasteiger partial charge on any atom is -0.406 e. The van der Waals surface area contributed by atoms with Gasteiger partial charge in [-0.25, -0.2) is 5.01 Å². The molecule has 0 aromatic carbocycles. The first-order valence-electron chi connectivity index (χ1n) is 2.70. The molecule has 11 heavy (non-hydrogen) atoms. The van der Waals surface area contributed by atoms with Crippen LogP contribution in [0.15, 0.2) is 12.0 Å². The molecule has 0 atom stereocenters. The third kappa shape index (κ3) is 2.67. The molecule has 0 amide bonds. The van der Waals surface area contributed by atoms with Crippen molar-refractivity contribution in [2.24, 2.45) is 0 Å². The Morgan fingerprint density at radius 2 is 2.27 bits per heavy atom. The first-order valence-corrected chi connectivity index (χ1v) is 2.70. The molecule has 0 aromatic heterocycles. The second-order valence-corrected chi connectivity index (χ2v) is 1.86. The second-order valence-electron chi connectivity index (χ2n) is 1.86. The molecule has 0 spiro atoms.